The van der Waals surface area contributed by atoms with Crippen molar-refractivity contribution in [3.8, 4) is 0 Å². The first kappa shape index (κ1) is 16.9. The minimum atomic E-state index is 0.0134. The van der Waals surface area contributed by atoms with E-state index in [-0.39, 0.29) is 24.5 Å². The van der Waals surface area contributed by atoms with E-state index >= 15 is 0 Å². The van der Waals surface area contributed by atoms with Crippen LogP contribution in [-0.2, 0) is 19.1 Å². The van der Waals surface area contributed by atoms with E-state index in [2.05, 4.69) is 5.32 Å². The van der Waals surface area contributed by atoms with Crippen LogP contribution in [0.3, 0.4) is 0 Å². The number of amides is 2. The molecule has 20 heavy (non-hydrogen) atoms. The Bertz CT molecular complexity index is 302. The molecular weight excluding hydrogens is 260 g/mol. The van der Waals surface area contributed by atoms with E-state index < -0.39 is 0 Å². The maximum atomic E-state index is 11.9. The zero-order valence-electron chi connectivity index (χ0n) is 12.5. The third kappa shape index (κ3) is 6.34. The minimum Gasteiger partial charge on any atom is -0.382 e. The summed E-state index contributed by atoms with van der Waals surface area (Å²) in [4.78, 5) is 25.2. The standard InChI is InChI=1S/C14H26N2O4/c1-3-4-13(17)15-12-5-7-16(8-6-12)14(18)11-20-10-9-19-2/h12H,3-11H2,1-2H3,(H,15,17). The van der Waals surface area contributed by atoms with Gasteiger partial charge in [0, 0.05) is 32.7 Å². The molecule has 0 aromatic heterocycles. The van der Waals surface area contributed by atoms with Crippen molar-refractivity contribution < 1.29 is 19.1 Å². The molecule has 0 radical (unpaired) electrons. The number of nitrogens with one attached hydrogen (secondary N) is 1. The Balaban J connectivity index is 2.17. The van der Waals surface area contributed by atoms with Crippen molar-refractivity contribution in [3.63, 3.8) is 0 Å². The molecule has 1 heterocycles. The third-order valence-electron chi connectivity index (χ3n) is 3.35. The first-order valence-electron chi connectivity index (χ1n) is 7.31. The van der Waals surface area contributed by atoms with Gasteiger partial charge in [0.25, 0.3) is 0 Å². The summed E-state index contributed by atoms with van der Waals surface area (Å²) in [5, 5.41) is 3.01. The topological polar surface area (TPSA) is 67.9 Å². The van der Waals surface area contributed by atoms with E-state index in [0.29, 0.717) is 32.7 Å². The zero-order valence-corrected chi connectivity index (χ0v) is 12.5. The summed E-state index contributed by atoms with van der Waals surface area (Å²) in [6.45, 7) is 4.40. The van der Waals surface area contributed by atoms with Gasteiger partial charge in [-0.05, 0) is 19.3 Å². The number of methoxy groups -OCH3 is 1. The van der Waals surface area contributed by atoms with Crippen molar-refractivity contribution >= 4 is 11.8 Å². The molecule has 1 N–H and O–H groups in total. The molecule has 0 aromatic rings. The molecule has 1 rings (SSSR count). The van der Waals surface area contributed by atoms with E-state index in [4.69, 9.17) is 9.47 Å². The lowest BCUT2D eigenvalue weighted by atomic mass is 10.0. The highest BCUT2D eigenvalue weighted by Gasteiger charge is 2.23. The van der Waals surface area contributed by atoms with E-state index in [1.54, 1.807) is 12.0 Å². The van der Waals surface area contributed by atoms with Gasteiger partial charge in [-0.1, -0.05) is 6.92 Å². The van der Waals surface area contributed by atoms with Gasteiger partial charge in [0.1, 0.15) is 6.61 Å². The second-order valence-corrected chi connectivity index (χ2v) is 5.02. The van der Waals surface area contributed by atoms with Gasteiger partial charge in [0.05, 0.1) is 13.2 Å². The highest BCUT2D eigenvalue weighted by atomic mass is 16.5. The Morgan fingerprint density at radius 3 is 2.55 bits per heavy atom. The monoisotopic (exact) mass is 286 g/mol. The number of nitrogens with zero attached hydrogens (tertiary/aromatic N) is 1. The van der Waals surface area contributed by atoms with Crippen LogP contribution in [0.2, 0.25) is 0 Å². The van der Waals surface area contributed by atoms with Gasteiger partial charge in [-0.25, -0.2) is 0 Å². The number of hydrogen-bond acceptors (Lipinski definition) is 4. The smallest absolute Gasteiger partial charge is 0.248 e. The van der Waals surface area contributed by atoms with Crippen molar-refractivity contribution in [3.05, 3.63) is 0 Å². The number of likely N-dealkylation sites (tertiary alicyclic amines) is 1. The van der Waals surface area contributed by atoms with Gasteiger partial charge < -0.3 is 19.7 Å². The number of rotatable bonds is 8. The molecule has 1 fully saturated rings. The van der Waals surface area contributed by atoms with Crippen LogP contribution in [-0.4, -0.2) is 62.8 Å². The van der Waals surface area contributed by atoms with E-state index in [1.807, 2.05) is 6.92 Å². The first-order valence-corrected chi connectivity index (χ1v) is 7.31. The molecule has 1 aliphatic rings. The average molecular weight is 286 g/mol. The molecule has 2 amide bonds. The van der Waals surface area contributed by atoms with Crippen LogP contribution in [0.25, 0.3) is 0 Å². The zero-order chi connectivity index (χ0) is 14.8. The maximum Gasteiger partial charge on any atom is 0.248 e. The third-order valence-corrected chi connectivity index (χ3v) is 3.35. The molecule has 0 atom stereocenters. The molecule has 116 valence electrons. The lowest BCUT2D eigenvalue weighted by Crippen LogP contribution is -2.47. The van der Waals surface area contributed by atoms with Crippen molar-refractivity contribution in [2.45, 2.75) is 38.6 Å². The second-order valence-electron chi connectivity index (χ2n) is 5.02. The van der Waals surface area contributed by atoms with Gasteiger partial charge >= 0.3 is 0 Å². The average Bonchev–Trinajstić information content (AvgIpc) is 2.44. The number of hydrogen-bond donors (Lipinski definition) is 1. The van der Waals surface area contributed by atoms with E-state index in [1.165, 1.54) is 0 Å². The SMILES string of the molecule is CCCC(=O)NC1CCN(C(=O)COCCOC)CC1. The summed E-state index contributed by atoms with van der Waals surface area (Å²) >= 11 is 0. The Hall–Kier alpha value is -1.14. The summed E-state index contributed by atoms with van der Waals surface area (Å²) in [6.07, 6.45) is 3.08. The molecule has 0 aliphatic carbocycles. The van der Waals surface area contributed by atoms with Crippen LogP contribution in [0.4, 0.5) is 0 Å². The number of carbonyl (C=O) groups excluding carboxylic acids is 2. The van der Waals surface area contributed by atoms with Crippen molar-refractivity contribution in [1.82, 2.24) is 10.2 Å². The van der Waals surface area contributed by atoms with Crippen LogP contribution in [0.1, 0.15) is 32.6 Å². The molecule has 0 aromatic carbocycles. The number of ether oxygens (including phenoxy) is 2. The number of piperidine rings is 1. The van der Waals surface area contributed by atoms with Crippen molar-refractivity contribution in [2.75, 3.05) is 40.0 Å². The fourth-order valence-corrected chi connectivity index (χ4v) is 2.19. The largest absolute Gasteiger partial charge is 0.382 e. The fourth-order valence-electron chi connectivity index (χ4n) is 2.19. The lowest BCUT2D eigenvalue weighted by molar-refractivity contribution is -0.137. The lowest BCUT2D eigenvalue weighted by Gasteiger charge is -2.32. The van der Waals surface area contributed by atoms with Gasteiger partial charge in [0.2, 0.25) is 11.8 Å². The van der Waals surface area contributed by atoms with Gasteiger partial charge in [-0.3, -0.25) is 9.59 Å². The van der Waals surface area contributed by atoms with Gasteiger partial charge in [-0.15, -0.1) is 0 Å². The van der Waals surface area contributed by atoms with Crippen LogP contribution < -0.4 is 5.32 Å². The molecule has 1 aliphatic heterocycles. The summed E-state index contributed by atoms with van der Waals surface area (Å²) in [5.41, 5.74) is 0. The van der Waals surface area contributed by atoms with Crippen molar-refractivity contribution in [2.24, 2.45) is 0 Å². The van der Waals surface area contributed by atoms with Crippen LogP contribution >= 0.6 is 0 Å². The molecule has 0 unspecified atom stereocenters. The molecule has 0 spiro atoms. The van der Waals surface area contributed by atoms with Crippen molar-refractivity contribution in [1.29, 1.82) is 0 Å². The van der Waals surface area contributed by atoms with E-state index in [0.717, 1.165) is 19.3 Å². The molecule has 1 saturated heterocycles. The quantitative estimate of drug-likeness (QED) is 0.662. The molecule has 6 nitrogen and oxygen atoms in total. The fraction of sp³-hybridized carbons (Fsp3) is 0.857. The second kappa shape index (κ2) is 9.72. The summed E-state index contributed by atoms with van der Waals surface area (Å²) in [6, 6.07) is 0.201. The summed E-state index contributed by atoms with van der Waals surface area (Å²) in [5.74, 6) is 0.125. The Kier molecular flexibility index (Phi) is 8.22. The van der Waals surface area contributed by atoms with E-state index in [9.17, 15) is 9.59 Å². The predicted octanol–water partition coefficient (Wildman–Crippen LogP) is 0.557. The predicted molar refractivity (Wildman–Crippen MR) is 75.3 cm³/mol. The van der Waals surface area contributed by atoms with Gasteiger partial charge in [0.15, 0.2) is 0 Å². The number of carbonyl (C=O) groups is 2. The highest BCUT2D eigenvalue weighted by Crippen LogP contribution is 2.11. The summed E-state index contributed by atoms with van der Waals surface area (Å²) in [7, 11) is 1.60. The van der Waals surface area contributed by atoms with Crippen LogP contribution in [0, 0.1) is 0 Å². The Morgan fingerprint density at radius 1 is 1.25 bits per heavy atom. The van der Waals surface area contributed by atoms with Crippen LogP contribution in [0.15, 0.2) is 0 Å². The maximum absolute atomic E-state index is 11.9. The van der Waals surface area contributed by atoms with Crippen LogP contribution in [0.5, 0.6) is 0 Å². The first-order chi connectivity index (χ1) is 9.67. The minimum absolute atomic E-state index is 0.0134. The molecular formula is C14H26N2O4. The summed E-state index contributed by atoms with van der Waals surface area (Å²) < 4.78 is 10.1. The highest BCUT2D eigenvalue weighted by molar-refractivity contribution is 5.78. The molecule has 0 saturated carbocycles. The molecule has 6 heteroatoms. The Labute approximate surface area is 120 Å². The van der Waals surface area contributed by atoms with Gasteiger partial charge in [-0.2, -0.15) is 0 Å². The molecule has 0 bridgehead atoms. The Morgan fingerprint density at radius 2 is 1.95 bits per heavy atom. The normalized spacial score (nSPS) is 16.2.